The van der Waals surface area contributed by atoms with E-state index >= 15 is 0 Å². The maximum absolute atomic E-state index is 12.5. The van der Waals surface area contributed by atoms with E-state index in [1.54, 1.807) is 25.1 Å². The average molecular weight is 465 g/mol. The molecular formula is C21H22Cl2N4O2S. The van der Waals surface area contributed by atoms with Gasteiger partial charge >= 0.3 is 0 Å². The van der Waals surface area contributed by atoms with Gasteiger partial charge in [-0.05, 0) is 57.2 Å². The molecule has 1 amide bonds. The maximum atomic E-state index is 12.5. The van der Waals surface area contributed by atoms with Gasteiger partial charge in [0.1, 0.15) is 0 Å². The first-order valence-electron chi connectivity index (χ1n) is 9.53. The molecule has 3 rings (SSSR count). The smallest absolute Gasteiger partial charge is 0.277 e. The summed E-state index contributed by atoms with van der Waals surface area (Å²) >= 11 is 13.3. The van der Waals surface area contributed by atoms with Gasteiger partial charge < -0.3 is 14.6 Å². The van der Waals surface area contributed by atoms with Crippen LogP contribution in [0.15, 0.2) is 52.1 Å². The second-order valence-electron chi connectivity index (χ2n) is 6.44. The van der Waals surface area contributed by atoms with Crippen LogP contribution in [0, 0.1) is 0 Å². The summed E-state index contributed by atoms with van der Waals surface area (Å²) in [7, 11) is 0. The van der Waals surface area contributed by atoms with Gasteiger partial charge in [0.2, 0.25) is 11.8 Å². The minimum Gasteiger partial charge on any atom is -0.411 e. The van der Waals surface area contributed by atoms with Crippen molar-refractivity contribution in [2.75, 3.05) is 23.3 Å². The third-order valence-electron chi connectivity index (χ3n) is 4.51. The van der Waals surface area contributed by atoms with Crippen LogP contribution in [0.2, 0.25) is 10.0 Å². The first-order chi connectivity index (χ1) is 14.4. The van der Waals surface area contributed by atoms with Gasteiger partial charge in [-0.3, -0.25) is 4.79 Å². The Hall–Kier alpha value is -2.22. The largest absolute Gasteiger partial charge is 0.411 e. The van der Waals surface area contributed by atoms with Gasteiger partial charge in [-0.2, -0.15) is 0 Å². The van der Waals surface area contributed by atoms with Crippen LogP contribution in [-0.4, -0.2) is 34.4 Å². The Bertz CT molecular complexity index is 1010. The molecule has 0 unspecified atom stereocenters. The molecule has 1 aromatic heterocycles. The Labute approximate surface area is 190 Å². The number of anilines is 2. The normalized spacial score (nSPS) is 11.9. The predicted octanol–water partition coefficient (Wildman–Crippen LogP) is 6.01. The molecule has 0 aliphatic rings. The predicted molar refractivity (Wildman–Crippen MR) is 124 cm³/mol. The quantitative estimate of drug-likeness (QED) is 0.411. The summed E-state index contributed by atoms with van der Waals surface area (Å²) < 4.78 is 5.74. The van der Waals surface area contributed by atoms with Crippen molar-refractivity contribution in [3.63, 3.8) is 0 Å². The minimum absolute atomic E-state index is 0.243. The summed E-state index contributed by atoms with van der Waals surface area (Å²) in [5.41, 5.74) is 2.43. The van der Waals surface area contributed by atoms with E-state index < -0.39 is 5.25 Å². The number of rotatable bonds is 8. The lowest BCUT2D eigenvalue weighted by atomic mass is 10.2. The molecule has 1 heterocycles. The van der Waals surface area contributed by atoms with Crippen molar-refractivity contribution < 1.29 is 9.21 Å². The minimum atomic E-state index is -0.474. The van der Waals surface area contributed by atoms with Crippen molar-refractivity contribution in [1.29, 1.82) is 0 Å². The molecule has 6 nitrogen and oxygen atoms in total. The number of nitrogens with zero attached hydrogens (tertiary/aromatic N) is 3. The molecule has 0 saturated carbocycles. The van der Waals surface area contributed by atoms with E-state index in [0.29, 0.717) is 26.8 Å². The highest BCUT2D eigenvalue weighted by atomic mass is 35.5. The van der Waals surface area contributed by atoms with E-state index in [-0.39, 0.29) is 5.91 Å². The van der Waals surface area contributed by atoms with E-state index in [9.17, 15) is 4.79 Å². The van der Waals surface area contributed by atoms with Gasteiger partial charge in [0.05, 0.1) is 21.0 Å². The van der Waals surface area contributed by atoms with Gasteiger partial charge in [-0.25, -0.2) is 0 Å². The number of hydrogen-bond donors (Lipinski definition) is 1. The second-order valence-corrected chi connectivity index (χ2v) is 8.52. The second kappa shape index (κ2) is 10.2. The Morgan fingerprint density at radius 2 is 1.83 bits per heavy atom. The first-order valence-corrected chi connectivity index (χ1v) is 11.2. The molecule has 0 aliphatic carbocycles. The van der Waals surface area contributed by atoms with Crippen LogP contribution in [0.5, 0.6) is 0 Å². The molecule has 9 heteroatoms. The van der Waals surface area contributed by atoms with E-state index in [0.717, 1.165) is 24.3 Å². The highest BCUT2D eigenvalue weighted by Crippen LogP contribution is 2.31. The number of carbonyl (C=O) groups excluding carboxylic acids is 1. The Kier molecular flexibility index (Phi) is 7.64. The molecule has 0 saturated heterocycles. The van der Waals surface area contributed by atoms with Crippen molar-refractivity contribution in [3.8, 4) is 11.5 Å². The van der Waals surface area contributed by atoms with Gasteiger partial charge in [0.15, 0.2) is 0 Å². The molecule has 30 heavy (non-hydrogen) atoms. The SMILES string of the molecule is CCN(CC)c1ccc(-c2nnc(S[C@H](C)C(=O)Nc3cccc(Cl)c3Cl)o2)cc1. The van der Waals surface area contributed by atoms with E-state index in [2.05, 4.69) is 34.3 Å². The van der Waals surface area contributed by atoms with Gasteiger partial charge in [0.25, 0.3) is 5.22 Å². The van der Waals surface area contributed by atoms with Crippen molar-refractivity contribution in [3.05, 3.63) is 52.5 Å². The summed E-state index contributed by atoms with van der Waals surface area (Å²) in [6.07, 6.45) is 0. The van der Waals surface area contributed by atoms with Gasteiger partial charge in [-0.15, -0.1) is 10.2 Å². The summed E-state index contributed by atoms with van der Waals surface area (Å²) in [4.78, 5) is 14.7. The van der Waals surface area contributed by atoms with Crippen molar-refractivity contribution in [2.24, 2.45) is 0 Å². The fourth-order valence-electron chi connectivity index (χ4n) is 2.82. The molecule has 0 fully saturated rings. The fourth-order valence-corrected chi connectivity index (χ4v) is 3.85. The van der Waals surface area contributed by atoms with Gasteiger partial charge in [-0.1, -0.05) is 41.0 Å². The monoisotopic (exact) mass is 464 g/mol. The number of carbonyl (C=O) groups is 1. The third-order valence-corrected chi connectivity index (χ3v) is 6.26. The lowest BCUT2D eigenvalue weighted by Crippen LogP contribution is -2.22. The molecule has 1 N–H and O–H groups in total. The first kappa shape index (κ1) is 22.5. The Balaban J connectivity index is 1.64. The van der Waals surface area contributed by atoms with Crippen LogP contribution in [0.3, 0.4) is 0 Å². The molecule has 0 radical (unpaired) electrons. The summed E-state index contributed by atoms with van der Waals surface area (Å²) in [5.74, 6) is 0.168. The summed E-state index contributed by atoms with van der Waals surface area (Å²) in [6, 6.07) is 13.0. The van der Waals surface area contributed by atoms with Crippen molar-refractivity contribution in [1.82, 2.24) is 10.2 Å². The van der Waals surface area contributed by atoms with E-state index in [1.165, 1.54) is 11.8 Å². The van der Waals surface area contributed by atoms with Crippen LogP contribution < -0.4 is 10.2 Å². The molecule has 3 aromatic rings. The topological polar surface area (TPSA) is 71.3 Å². The van der Waals surface area contributed by atoms with Crippen LogP contribution in [0.25, 0.3) is 11.5 Å². The number of benzene rings is 2. The lowest BCUT2D eigenvalue weighted by Gasteiger charge is -2.20. The molecule has 0 aliphatic heterocycles. The summed E-state index contributed by atoms with van der Waals surface area (Å²) in [6.45, 7) is 7.88. The highest BCUT2D eigenvalue weighted by Gasteiger charge is 2.20. The van der Waals surface area contributed by atoms with Crippen molar-refractivity contribution >= 4 is 52.2 Å². The number of hydrogen-bond acceptors (Lipinski definition) is 6. The van der Waals surface area contributed by atoms with Crippen LogP contribution in [0.4, 0.5) is 11.4 Å². The van der Waals surface area contributed by atoms with Crippen LogP contribution in [0.1, 0.15) is 20.8 Å². The average Bonchev–Trinajstić information content (AvgIpc) is 3.21. The number of nitrogens with one attached hydrogen (secondary N) is 1. The number of thioether (sulfide) groups is 1. The fraction of sp³-hybridized carbons (Fsp3) is 0.286. The van der Waals surface area contributed by atoms with E-state index in [1.807, 2.05) is 24.3 Å². The van der Waals surface area contributed by atoms with E-state index in [4.69, 9.17) is 27.6 Å². The standard InChI is InChI=1S/C21H22Cl2N4O2S/c1-4-27(5-2)15-11-9-14(10-12-15)20-25-26-21(29-20)30-13(3)19(28)24-17-8-6-7-16(22)18(17)23/h6-13H,4-5H2,1-3H3,(H,24,28)/t13-/m1/s1. The number of amides is 1. The van der Waals surface area contributed by atoms with Crippen LogP contribution >= 0.6 is 35.0 Å². The molecule has 2 aromatic carbocycles. The molecule has 0 spiro atoms. The lowest BCUT2D eigenvalue weighted by molar-refractivity contribution is -0.115. The van der Waals surface area contributed by atoms with Crippen LogP contribution in [-0.2, 0) is 4.79 Å². The van der Waals surface area contributed by atoms with Gasteiger partial charge in [0, 0.05) is 24.3 Å². The maximum Gasteiger partial charge on any atom is 0.277 e. The zero-order chi connectivity index (χ0) is 21.7. The molecule has 158 valence electrons. The highest BCUT2D eigenvalue weighted by molar-refractivity contribution is 8.00. The zero-order valence-electron chi connectivity index (χ0n) is 16.9. The summed E-state index contributed by atoms with van der Waals surface area (Å²) in [5, 5.41) is 11.4. The molecule has 1 atom stereocenters. The third kappa shape index (κ3) is 5.28. The molecular weight excluding hydrogens is 443 g/mol. The zero-order valence-corrected chi connectivity index (χ0v) is 19.2. The Morgan fingerprint density at radius 1 is 1.13 bits per heavy atom. The number of halogens is 2. The van der Waals surface area contributed by atoms with Crippen molar-refractivity contribution in [2.45, 2.75) is 31.2 Å². The molecule has 0 bridgehead atoms. The Morgan fingerprint density at radius 3 is 2.50 bits per heavy atom. The number of aromatic nitrogens is 2.